The number of aromatic hydroxyl groups is 1. The topological polar surface area (TPSA) is 82.5 Å². The van der Waals surface area contributed by atoms with Crippen molar-refractivity contribution in [1.29, 1.82) is 0 Å². The molecule has 0 unspecified atom stereocenters. The molecule has 0 fully saturated rings. The van der Waals surface area contributed by atoms with E-state index in [0.29, 0.717) is 5.69 Å². The lowest BCUT2D eigenvalue weighted by molar-refractivity contribution is -0.136. The maximum absolute atomic E-state index is 10.1. The fraction of sp³-hybridized carbons (Fsp3) is 0.250. The van der Waals surface area contributed by atoms with Gasteiger partial charge in [0.15, 0.2) is 0 Å². The van der Waals surface area contributed by atoms with Gasteiger partial charge in [-0.2, -0.15) is 0 Å². The molecule has 0 aliphatic carbocycles. The number of pyridine rings is 1. The molecule has 1 rings (SSSR count). The third-order valence-corrected chi connectivity index (χ3v) is 1.43. The Morgan fingerprint density at radius 2 is 2.38 bits per heavy atom. The summed E-state index contributed by atoms with van der Waals surface area (Å²) in [4.78, 5) is 14.0. The molecule has 5 nitrogen and oxygen atoms in total. The number of carboxylic acids is 1. The van der Waals surface area contributed by atoms with Crippen molar-refractivity contribution < 1.29 is 15.0 Å². The smallest absolute Gasteiger partial charge is 0.317 e. The zero-order chi connectivity index (χ0) is 9.68. The Balaban J connectivity index is 2.45. The van der Waals surface area contributed by atoms with Gasteiger partial charge in [0.25, 0.3) is 0 Å². The Kier molecular flexibility index (Phi) is 3.22. The van der Waals surface area contributed by atoms with Gasteiger partial charge >= 0.3 is 5.97 Å². The van der Waals surface area contributed by atoms with Gasteiger partial charge in [0, 0.05) is 12.7 Å². The fourth-order valence-corrected chi connectivity index (χ4v) is 0.854. The molecule has 0 radical (unpaired) electrons. The molecule has 5 heteroatoms. The van der Waals surface area contributed by atoms with E-state index in [9.17, 15) is 9.90 Å². The van der Waals surface area contributed by atoms with Crippen LogP contribution >= 0.6 is 0 Å². The van der Waals surface area contributed by atoms with E-state index >= 15 is 0 Å². The van der Waals surface area contributed by atoms with E-state index in [1.54, 1.807) is 6.07 Å². The molecule has 0 aromatic carbocycles. The quantitative estimate of drug-likeness (QED) is 0.608. The Bertz CT molecular complexity index is 301. The Morgan fingerprint density at radius 1 is 1.62 bits per heavy atom. The number of aliphatic carboxylic acids is 1. The monoisotopic (exact) mass is 182 g/mol. The van der Waals surface area contributed by atoms with Gasteiger partial charge in [-0.25, -0.2) is 0 Å². The molecule has 0 bridgehead atoms. The van der Waals surface area contributed by atoms with Crippen LogP contribution in [-0.2, 0) is 11.3 Å². The lowest BCUT2D eigenvalue weighted by atomic mass is 10.3. The molecule has 0 saturated carbocycles. The summed E-state index contributed by atoms with van der Waals surface area (Å²) in [5, 5.41) is 20.2. The number of hydrogen-bond donors (Lipinski definition) is 3. The SMILES string of the molecule is O=C(O)CNCc1ncccc1O. The number of carbonyl (C=O) groups is 1. The van der Waals surface area contributed by atoms with Crippen LogP contribution in [0.1, 0.15) is 5.69 Å². The average molecular weight is 182 g/mol. The van der Waals surface area contributed by atoms with Crippen molar-refractivity contribution in [2.45, 2.75) is 6.54 Å². The van der Waals surface area contributed by atoms with Crippen molar-refractivity contribution in [3.05, 3.63) is 24.0 Å². The van der Waals surface area contributed by atoms with Gasteiger partial charge in [-0.1, -0.05) is 0 Å². The number of carboxylic acid groups (broad SMARTS) is 1. The molecule has 0 atom stereocenters. The highest BCUT2D eigenvalue weighted by molar-refractivity contribution is 5.68. The van der Waals surface area contributed by atoms with Gasteiger partial charge in [-0.05, 0) is 12.1 Å². The summed E-state index contributed by atoms with van der Waals surface area (Å²) in [6.07, 6.45) is 1.54. The molecule has 13 heavy (non-hydrogen) atoms. The average Bonchev–Trinajstić information content (AvgIpc) is 2.08. The highest BCUT2D eigenvalue weighted by Crippen LogP contribution is 2.11. The van der Waals surface area contributed by atoms with Crippen molar-refractivity contribution in [2.75, 3.05) is 6.54 Å². The molecule has 0 spiro atoms. The second kappa shape index (κ2) is 4.42. The number of rotatable bonds is 4. The Hall–Kier alpha value is -1.62. The van der Waals surface area contributed by atoms with E-state index in [2.05, 4.69) is 10.3 Å². The van der Waals surface area contributed by atoms with E-state index < -0.39 is 5.97 Å². The lowest BCUT2D eigenvalue weighted by Crippen LogP contribution is -2.22. The van der Waals surface area contributed by atoms with Gasteiger partial charge < -0.3 is 15.5 Å². The normalized spacial score (nSPS) is 9.85. The standard InChI is InChI=1S/C8H10N2O3/c11-7-2-1-3-10-6(7)4-9-5-8(12)13/h1-3,9,11H,4-5H2,(H,12,13). The number of aromatic nitrogens is 1. The second-order valence-electron chi connectivity index (χ2n) is 2.47. The maximum atomic E-state index is 10.1. The second-order valence-corrected chi connectivity index (χ2v) is 2.47. The molecule has 1 aromatic rings. The van der Waals surface area contributed by atoms with E-state index in [-0.39, 0.29) is 18.8 Å². The summed E-state index contributed by atoms with van der Waals surface area (Å²) < 4.78 is 0. The van der Waals surface area contributed by atoms with Crippen molar-refractivity contribution in [1.82, 2.24) is 10.3 Å². The largest absolute Gasteiger partial charge is 0.506 e. The van der Waals surface area contributed by atoms with Crippen LogP contribution in [0.25, 0.3) is 0 Å². The van der Waals surface area contributed by atoms with Crippen LogP contribution < -0.4 is 5.32 Å². The third kappa shape index (κ3) is 3.08. The first-order valence-corrected chi connectivity index (χ1v) is 3.75. The summed E-state index contributed by atoms with van der Waals surface area (Å²) in [7, 11) is 0. The van der Waals surface area contributed by atoms with Crippen LogP contribution in [0.2, 0.25) is 0 Å². The molecule has 0 aliphatic rings. The van der Waals surface area contributed by atoms with Crippen molar-refractivity contribution >= 4 is 5.97 Å². The van der Waals surface area contributed by atoms with Crippen LogP contribution in [0.5, 0.6) is 5.75 Å². The summed E-state index contributed by atoms with van der Waals surface area (Å²) >= 11 is 0. The van der Waals surface area contributed by atoms with Crippen LogP contribution in [0.4, 0.5) is 0 Å². The molecular formula is C8H10N2O3. The number of nitrogens with zero attached hydrogens (tertiary/aromatic N) is 1. The predicted molar refractivity (Wildman–Crippen MR) is 45.2 cm³/mol. The highest BCUT2D eigenvalue weighted by Gasteiger charge is 2.01. The summed E-state index contributed by atoms with van der Waals surface area (Å²) in [5.74, 6) is -0.865. The molecular weight excluding hydrogens is 172 g/mol. The van der Waals surface area contributed by atoms with Gasteiger partial charge in [0.05, 0.1) is 12.2 Å². The summed E-state index contributed by atoms with van der Waals surface area (Å²) in [6.45, 7) is 0.106. The minimum Gasteiger partial charge on any atom is -0.506 e. The molecule has 3 N–H and O–H groups in total. The molecule has 70 valence electrons. The van der Waals surface area contributed by atoms with Gasteiger partial charge in [0.2, 0.25) is 0 Å². The van der Waals surface area contributed by atoms with E-state index in [0.717, 1.165) is 0 Å². The number of nitrogens with one attached hydrogen (secondary N) is 1. The van der Waals surface area contributed by atoms with Gasteiger partial charge in [-0.3, -0.25) is 9.78 Å². The van der Waals surface area contributed by atoms with E-state index in [4.69, 9.17) is 5.11 Å². The van der Waals surface area contributed by atoms with Crippen molar-refractivity contribution in [3.8, 4) is 5.75 Å². The van der Waals surface area contributed by atoms with E-state index in [1.807, 2.05) is 0 Å². The van der Waals surface area contributed by atoms with Crippen molar-refractivity contribution in [2.24, 2.45) is 0 Å². The Morgan fingerprint density at radius 3 is 3.00 bits per heavy atom. The fourth-order valence-electron chi connectivity index (χ4n) is 0.854. The zero-order valence-electron chi connectivity index (χ0n) is 6.90. The van der Waals surface area contributed by atoms with Crippen LogP contribution in [0.15, 0.2) is 18.3 Å². The highest BCUT2D eigenvalue weighted by atomic mass is 16.4. The first kappa shape index (κ1) is 9.47. The predicted octanol–water partition coefficient (Wildman–Crippen LogP) is -0.0386. The molecule has 0 saturated heterocycles. The summed E-state index contributed by atoms with van der Waals surface area (Å²) in [6, 6.07) is 3.11. The molecule has 1 aromatic heterocycles. The molecule has 0 amide bonds. The number of hydrogen-bond acceptors (Lipinski definition) is 4. The molecule has 0 aliphatic heterocycles. The van der Waals surface area contributed by atoms with E-state index in [1.165, 1.54) is 12.3 Å². The van der Waals surface area contributed by atoms with Crippen LogP contribution in [-0.4, -0.2) is 27.7 Å². The third-order valence-electron chi connectivity index (χ3n) is 1.43. The summed E-state index contributed by atoms with van der Waals surface area (Å²) in [5.41, 5.74) is 0.448. The first-order chi connectivity index (χ1) is 6.20. The Labute approximate surface area is 75.0 Å². The van der Waals surface area contributed by atoms with Crippen LogP contribution in [0.3, 0.4) is 0 Å². The van der Waals surface area contributed by atoms with Gasteiger partial charge in [-0.15, -0.1) is 0 Å². The van der Waals surface area contributed by atoms with Gasteiger partial charge in [0.1, 0.15) is 5.75 Å². The minimum atomic E-state index is -0.935. The zero-order valence-corrected chi connectivity index (χ0v) is 6.90. The minimum absolute atomic E-state index is 0.0698. The first-order valence-electron chi connectivity index (χ1n) is 3.75. The van der Waals surface area contributed by atoms with Crippen molar-refractivity contribution in [3.63, 3.8) is 0 Å². The maximum Gasteiger partial charge on any atom is 0.317 e. The molecule has 1 heterocycles. The lowest BCUT2D eigenvalue weighted by Gasteiger charge is -2.02. The van der Waals surface area contributed by atoms with Crippen LogP contribution in [0, 0.1) is 0 Å².